The molecule has 0 aromatic heterocycles. The maximum atomic E-state index is 13.0. The molecule has 1 rings (SSSR count). The molecule has 6 heteroatoms. The molecule has 0 saturated heterocycles. The Balaban J connectivity index is 2.85. The van der Waals surface area contributed by atoms with Crippen molar-refractivity contribution in [2.45, 2.75) is 20.4 Å². The molecule has 1 aromatic carbocycles. The SMILES string of the molecule is CCN(CC)S(=O)(=O)N(C)Cc1cccc(F)c1. The van der Waals surface area contributed by atoms with Crippen LogP contribution in [0.4, 0.5) is 4.39 Å². The minimum Gasteiger partial charge on any atom is -0.207 e. The highest BCUT2D eigenvalue weighted by Crippen LogP contribution is 2.12. The summed E-state index contributed by atoms with van der Waals surface area (Å²) in [6.45, 7) is 4.59. The number of hydrogen-bond acceptors (Lipinski definition) is 2. The van der Waals surface area contributed by atoms with Gasteiger partial charge in [-0.1, -0.05) is 26.0 Å². The Bertz CT molecular complexity index is 487. The van der Waals surface area contributed by atoms with Crippen LogP contribution in [0.15, 0.2) is 24.3 Å². The van der Waals surface area contributed by atoms with Crippen LogP contribution in [0.3, 0.4) is 0 Å². The third-order valence-electron chi connectivity index (χ3n) is 2.72. The highest BCUT2D eigenvalue weighted by atomic mass is 32.2. The Morgan fingerprint density at radius 2 is 1.83 bits per heavy atom. The van der Waals surface area contributed by atoms with Crippen LogP contribution < -0.4 is 0 Å². The zero-order chi connectivity index (χ0) is 13.8. The standard InChI is InChI=1S/C12H19FN2O2S/c1-4-15(5-2)18(16,17)14(3)10-11-7-6-8-12(13)9-11/h6-9H,4-5,10H2,1-3H3. The minimum absolute atomic E-state index is 0.163. The van der Waals surface area contributed by atoms with E-state index >= 15 is 0 Å². The highest BCUT2D eigenvalue weighted by Gasteiger charge is 2.24. The van der Waals surface area contributed by atoms with Crippen LogP contribution in [0.2, 0.25) is 0 Å². The Morgan fingerprint density at radius 1 is 1.22 bits per heavy atom. The van der Waals surface area contributed by atoms with Crippen LogP contribution in [0.25, 0.3) is 0 Å². The van der Waals surface area contributed by atoms with Gasteiger partial charge in [-0.25, -0.2) is 4.39 Å². The molecule has 0 fully saturated rings. The summed E-state index contributed by atoms with van der Waals surface area (Å²) >= 11 is 0. The van der Waals surface area contributed by atoms with Crippen molar-refractivity contribution in [2.75, 3.05) is 20.1 Å². The van der Waals surface area contributed by atoms with Crippen molar-refractivity contribution in [1.29, 1.82) is 0 Å². The summed E-state index contributed by atoms with van der Waals surface area (Å²) < 4.78 is 39.9. The molecule has 0 heterocycles. The third-order valence-corrected chi connectivity index (χ3v) is 4.81. The van der Waals surface area contributed by atoms with Crippen molar-refractivity contribution in [3.8, 4) is 0 Å². The van der Waals surface area contributed by atoms with Crippen molar-refractivity contribution in [1.82, 2.24) is 8.61 Å². The number of hydrogen-bond donors (Lipinski definition) is 0. The van der Waals surface area contributed by atoms with Gasteiger partial charge in [-0.05, 0) is 17.7 Å². The van der Waals surface area contributed by atoms with Crippen LogP contribution in [0.1, 0.15) is 19.4 Å². The average molecular weight is 274 g/mol. The molecule has 0 aliphatic carbocycles. The van der Waals surface area contributed by atoms with Crippen molar-refractivity contribution in [3.63, 3.8) is 0 Å². The molecule has 0 unspecified atom stereocenters. The smallest absolute Gasteiger partial charge is 0.207 e. The third kappa shape index (κ3) is 3.51. The Labute approximate surface area is 108 Å². The van der Waals surface area contributed by atoms with E-state index in [4.69, 9.17) is 0 Å². The number of rotatable bonds is 6. The Morgan fingerprint density at radius 3 is 2.33 bits per heavy atom. The molecular formula is C12H19FN2O2S. The molecule has 1 aromatic rings. The van der Waals surface area contributed by atoms with Crippen LogP contribution in [-0.2, 0) is 16.8 Å². The second kappa shape index (κ2) is 6.26. The van der Waals surface area contributed by atoms with E-state index in [1.807, 2.05) is 0 Å². The fraction of sp³-hybridized carbons (Fsp3) is 0.500. The molecule has 0 amide bonds. The lowest BCUT2D eigenvalue weighted by molar-refractivity contribution is 0.374. The number of nitrogens with zero attached hydrogens (tertiary/aromatic N) is 2. The maximum absolute atomic E-state index is 13.0. The van der Waals surface area contributed by atoms with Gasteiger partial charge in [-0.2, -0.15) is 17.0 Å². The molecule has 0 aliphatic rings. The van der Waals surface area contributed by atoms with Crippen LogP contribution in [-0.4, -0.2) is 37.2 Å². The average Bonchev–Trinajstić information content (AvgIpc) is 2.30. The summed E-state index contributed by atoms with van der Waals surface area (Å²) in [6, 6.07) is 5.95. The second-order valence-corrected chi connectivity index (χ2v) is 6.01. The molecule has 0 aliphatic heterocycles. The molecule has 0 atom stereocenters. The molecular weight excluding hydrogens is 255 g/mol. The van der Waals surface area contributed by atoms with Crippen LogP contribution in [0.5, 0.6) is 0 Å². The molecule has 0 spiro atoms. The first-order valence-corrected chi connectivity index (χ1v) is 7.27. The zero-order valence-corrected chi connectivity index (χ0v) is 11.7. The Hall–Kier alpha value is -0.980. The predicted molar refractivity (Wildman–Crippen MR) is 69.7 cm³/mol. The van der Waals surface area contributed by atoms with E-state index in [2.05, 4.69) is 0 Å². The zero-order valence-electron chi connectivity index (χ0n) is 10.9. The summed E-state index contributed by atoms with van der Waals surface area (Å²) in [5, 5.41) is 0. The highest BCUT2D eigenvalue weighted by molar-refractivity contribution is 7.86. The summed E-state index contributed by atoms with van der Waals surface area (Å²) in [7, 11) is -1.97. The quantitative estimate of drug-likeness (QED) is 0.794. The molecule has 0 saturated carbocycles. The van der Waals surface area contributed by atoms with E-state index in [0.717, 1.165) is 0 Å². The fourth-order valence-electron chi connectivity index (χ4n) is 1.72. The van der Waals surface area contributed by atoms with Gasteiger partial charge in [-0.15, -0.1) is 0 Å². The van der Waals surface area contributed by atoms with Gasteiger partial charge in [0.25, 0.3) is 10.2 Å². The van der Waals surface area contributed by atoms with Crippen molar-refractivity contribution in [3.05, 3.63) is 35.6 Å². The van der Waals surface area contributed by atoms with Gasteiger partial charge in [0.05, 0.1) is 0 Å². The van der Waals surface area contributed by atoms with Crippen LogP contribution in [0, 0.1) is 5.82 Å². The summed E-state index contributed by atoms with van der Waals surface area (Å²) in [5.74, 6) is -0.360. The minimum atomic E-state index is -3.47. The van der Waals surface area contributed by atoms with E-state index in [1.165, 1.54) is 27.8 Å². The summed E-state index contributed by atoms with van der Waals surface area (Å²) in [6.07, 6.45) is 0. The van der Waals surface area contributed by atoms with Gasteiger partial charge >= 0.3 is 0 Å². The lowest BCUT2D eigenvalue weighted by Gasteiger charge is -2.25. The molecule has 18 heavy (non-hydrogen) atoms. The fourth-order valence-corrected chi connectivity index (χ4v) is 3.08. The van der Waals surface area contributed by atoms with E-state index in [-0.39, 0.29) is 12.4 Å². The van der Waals surface area contributed by atoms with Gasteiger partial charge in [0, 0.05) is 26.7 Å². The second-order valence-electron chi connectivity index (χ2n) is 3.98. The molecule has 0 N–H and O–H groups in total. The monoisotopic (exact) mass is 274 g/mol. The van der Waals surface area contributed by atoms with E-state index < -0.39 is 10.2 Å². The molecule has 4 nitrogen and oxygen atoms in total. The number of halogens is 1. The van der Waals surface area contributed by atoms with Gasteiger partial charge < -0.3 is 0 Å². The van der Waals surface area contributed by atoms with Crippen molar-refractivity contribution < 1.29 is 12.8 Å². The lowest BCUT2D eigenvalue weighted by atomic mass is 10.2. The largest absolute Gasteiger partial charge is 0.282 e. The van der Waals surface area contributed by atoms with E-state index in [0.29, 0.717) is 18.7 Å². The number of benzene rings is 1. The molecule has 0 radical (unpaired) electrons. The first-order chi connectivity index (χ1) is 8.41. The first-order valence-electron chi connectivity index (χ1n) is 5.87. The van der Waals surface area contributed by atoms with Gasteiger partial charge in [0.2, 0.25) is 0 Å². The molecule has 102 valence electrons. The maximum Gasteiger partial charge on any atom is 0.282 e. The van der Waals surface area contributed by atoms with E-state index in [9.17, 15) is 12.8 Å². The Kier molecular flexibility index (Phi) is 5.25. The van der Waals surface area contributed by atoms with Gasteiger partial charge in [0.1, 0.15) is 5.82 Å². The molecule has 0 bridgehead atoms. The lowest BCUT2D eigenvalue weighted by Crippen LogP contribution is -2.41. The predicted octanol–water partition coefficient (Wildman–Crippen LogP) is 1.84. The normalized spacial score (nSPS) is 12.3. The van der Waals surface area contributed by atoms with Gasteiger partial charge in [-0.3, -0.25) is 0 Å². The topological polar surface area (TPSA) is 40.6 Å². The first kappa shape index (κ1) is 15.1. The van der Waals surface area contributed by atoms with E-state index in [1.54, 1.807) is 26.0 Å². The van der Waals surface area contributed by atoms with Crippen LogP contribution >= 0.6 is 0 Å². The van der Waals surface area contributed by atoms with Gasteiger partial charge in [0.15, 0.2) is 0 Å². The summed E-state index contributed by atoms with van der Waals surface area (Å²) in [5.41, 5.74) is 0.633. The van der Waals surface area contributed by atoms with Crippen molar-refractivity contribution >= 4 is 10.2 Å². The summed E-state index contributed by atoms with van der Waals surface area (Å²) in [4.78, 5) is 0. The van der Waals surface area contributed by atoms with Crippen molar-refractivity contribution in [2.24, 2.45) is 0 Å².